The Balaban J connectivity index is 2.72. The summed E-state index contributed by atoms with van der Waals surface area (Å²) in [5.41, 5.74) is -0.701. The Bertz CT molecular complexity index is 429. The van der Waals surface area contributed by atoms with Crippen LogP contribution in [0.5, 0.6) is 0 Å². The van der Waals surface area contributed by atoms with E-state index in [1.54, 1.807) is 7.05 Å². The van der Waals surface area contributed by atoms with Crippen LogP contribution in [0.2, 0.25) is 0 Å². The summed E-state index contributed by atoms with van der Waals surface area (Å²) in [5.74, 6) is -1.22. The molecule has 1 aromatic rings. The molecule has 1 N–H and O–H groups in total. The van der Waals surface area contributed by atoms with Gasteiger partial charge in [-0.15, -0.1) is 0 Å². The van der Waals surface area contributed by atoms with E-state index in [0.29, 0.717) is 5.56 Å². The predicted octanol–water partition coefficient (Wildman–Crippen LogP) is 5.47. The highest BCUT2D eigenvalue weighted by Crippen LogP contribution is 2.33. The molecule has 1 unspecified atom stereocenters. The molecule has 1 rings (SSSR count). The van der Waals surface area contributed by atoms with Crippen molar-refractivity contribution in [3.05, 3.63) is 35.1 Å². The molecule has 0 aliphatic rings. The minimum absolute atomic E-state index is 0.173. The Hall–Kier alpha value is -1.10. The van der Waals surface area contributed by atoms with Gasteiger partial charge in [-0.05, 0) is 31.2 Å². The second kappa shape index (κ2) is 8.37. The van der Waals surface area contributed by atoms with E-state index in [0.717, 1.165) is 44.2 Å². The second-order valence-corrected chi connectivity index (χ2v) is 5.28. The Kier molecular flexibility index (Phi) is 7.15. The number of benzene rings is 1. The van der Waals surface area contributed by atoms with E-state index in [1.807, 2.05) is 0 Å². The molecule has 0 aliphatic carbocycles. The molecule has 0 spiro atoms. The first-order valence-electron chi connectivity index (χ1n) is 7.44. The van der Waals surface area contributed by atoms with Crippen molar-refractivity contribution < 1.29 is 17.6 Å². The van der Waals surface area contributed by atoms with E-state index in [2.05, 4.69) is 12.2 Å². The third kappa shape index (κ3) is 5.65. The van der Waals surface area contributed by atoms with Crippen LogP contribution in [0.3, 0.4) is 0 Å². The van der Waals surface area contributed by atoms with Gasteiger partial charge in [0.1, 0.15) is 5.82 Å². The molecule has 1 atom stereocenters. The summed E-state index contributed by atoms with van der Waals surface area (Å²) in [4.78, 5) is 0. The molecule has 0 saturated heterocycles. The zero-order valence-electron chi connectivity index (χ0n) is 12.6. The maximum atomic E-state index is 13.3. The summed E-state index contributed by atoms with van der Waals surface area (Å²) in [6, 6.07) is 3.08. The van der Waals surface area contributed by atoms with Gasteiger partial charge in [0.25, 0.3) is 0 Å². The van der Waals surface area contributed by atoms with Gasteiger partial charge in [0.2, 0.25) is 0 Å². The van der Waals surface area contributed by atoms with E-state index in [1.165, 1.54) is 12.5 Å². The lowest BCUT2D eigenvalue weighted by Gasteiger charge is -2.18. The van der Waals surface area contributed by atoms with Crippen LogP contribution < -0.4 is 5.32 Å². The fraction of sp³-hybridized carbons (Fsp3) is 0.625. The molecule has 0 radical (unpaired) electrons. The van der Waals surface area contributed by atoms with Crippen molar-refractivity contribution in [1.29, 1.82) is 0 Å². The van der Waals surface area contributed by atoms with Gasteiger partial charge >= 0.3 is 6.18 Å². The maximum absolute atomic E-state index is 13.3. The van der Waals surface area contributed by atoms with Gasteiger partial charge in [-0.3, -0.25) is 0 Å². The molecule has 0 bridgehead atoms. The Morgan fingerprint density at radius 1 is 1.10 bits per heavy atom. The maximum Gasteiger partial charge on any atom is 0.419 e. The summed E-state index contributed by atoms with van der Waals surface area (Å²) in [7, 11) is 1.72. The van der Waals surface area contributed by atoms with E-state index in [-0.39, 0.29) is 6.04 Å². The van der Waals surface area contributed by atoms with Crippen molar-refractivity contribution >= 4 is 0 Å². The average molecular weight is 305 g/mol. The van der Waals surface area contributed by atoms with Crippen molar-refractivity contribution in [3.8, 4) is 0 Å². The summed E-state index contributed by atoms with van der Waals surface area (Å²) >= 11 is 0. The molecule has 0 heterocycles. The third-order valence-corrected chi connectivity index (χ3v) is 3.64. The van der Waals surface area contributed by atoms with Crippen molar-refractivity contribution in [2.75, 3.05) is 7.05 Å². The molecule has 0 fully saturated rings. The van der Waals surface area contributed by atoms with Crippen molar-refractivity contribution in [2.24, 2.45) is 0 Å². The number of nitrogens with one attached hydrogen (secondary N) is 1. The molecular weight excluding hydrogens is 282 g/mol. The average Bonchev–Trinajstić information content (AvgIpc) is 2.42. The van der Waals surface area contributed by atoms with Gasteiger partial charge in [-0.2, -0.15) is 13.2 Å². The first-order valence-corrected chi connectivity index (χ1v) is 7.44. The minimum atomic E-state index is -4.65. The van der Waals surface area contributed by atoms with Crippen LogP contribution in [0.25, 0.3) is 0 Å². The second-order valence-electron chi connectivity index (χ2n) is 5.28. The standard InChI is InChI=1S/C16H23F4N/c1-3-4-5-6-7-8-15(21-2)12-9-10-14(17)13(11-12)16(18,19)20/h9-11,15,21H,3-8H2,1-2H3. The zero-order valence-corrected chi connectivity index (χ0v) is 12.6. The highest BCUT2D eigenvalue weighted by Gasteiger charge is 2.34. The van der Waals surface area contributed by atoms with Crippen LogP contribution in [0, 0.1) is 5.82 Å². The van der Waals surface area contributed by atoms with Gasteiger partial charge in [0, 0.05) is 6.04 Å². The number of halogens is 4. The van der Waals surface area contributed by atoms with Gasteiger partial charge in [0.05, 0.1) is 5.56 Å². The monoisotopic (exact) mass is 305 g/mol. The fourth-order valence-electron chi connectivity index (χ4n) is 2.41. The van der Waals surface area contributed by atoms with Crippen LogP contribution in [0.1, 0.15) is 62.6 Å². The van der Waals surface area contributed by atoms with Gasteiger partial charge in [-0.1, -0.05) is 45.1 Å². The first-order chi connectivity index (χ1) is 9.90. The predicted molar refractivity (Wildman–Crippen MR) is 76.6 cm³/mol. The Labute approximate surface area is 123 Å². The number of rotatable bonds is 8. The minimum Gasteiger partial charge on any atom is -0.313 e. The van der Waals surface area contributed by atoms with Crippen molar-refractivity contribution in [2.45, 2.75) is 57.7 Å². The van der Waals surface area contributed by atoms with Crippen molar-refractivity contribution in [1.82, 2.24) is 5.32 Å². The molecule has 0 aliphatic heterocycles. The van der Waals surface area contributed by atoms with Gasteiger partial charge in [0.15, 0.2) is 0 Å². The fourth-order valence-corrected chi connectivity index (χ4v) is 2.41. The first kappa shape index (κ1) is 18.0. The third-order valence-electron chi connectivity index (χ3n) is 3.64. The van der Waals surface area contributed by atoms with Crippen LogP contribution in [-0.2, 0) is 6.18 Å². The van der Waals surface area contributed by atoms with E-state index >= 15 is 0 Å². The highest BCUT2D eigenvalue weighted by molar-refractivity contribution is 5.29. The zero-order chi connectivity index (χ0) is 15.9. The van der Waals surface area contributed by atoms with Crippen LogP contribution in [-0.4, -0.2) is 7.05 Å². The topological polar surface area (TPSA) is 12.0 Å². The summed E-state index contributed by atoms with van der Waals surface area (Å²) < 4.78 is 51.5. The molecule has 1 nitrogen and oxygen atoms in total. The van der Waals surface area contributed by atoms with Crippen LogP contribution in [0.15, 0.2) is 18.2 Å². The summed E-state index contributed by atoms with van der Waals surface area (Å²) in [6.45, 7) is 2.13. The normalized spacial score (nSPS) is 13.4. The molecule has 0 saturated carbocycles. The lowest BCUT2D eigenvalue weighted by atomic mass is 9.98. The Morgan fingerprint density at radius 2 is 1.76 bits per heavy atom. The van der Waals surface area contributed by atoms with E-state index in [4.69, 9.17) is 0 Å². The largest absolute Gasteiger partial charge is 0.419 e. The van der Waals surface area contributed by atoms with Crippen molar-refractivity contribution in [3.63, 3.8) is 0 Å². The molecule has 21 heavy (non-hydrogen) atoms. The van der Waals surface area contributed by atoms with Gasteiger partial charge in [-0.25, -0.2) is 4.39 Å². The lowest BCUT2D eigenvalue weighted by Crippen LogP contribution is -2.18. The molecule has 1 aromatic carbocycles. The van der Waals surface area contributed by atoms with Gasteiger partial charge < -0.3 is 5.32 Å². The summed E-state index contributed by atoms with van der Waals surface area (Å²) in [5, 5.41) is 3.02. The number of alkyl halides is 3. The SMILES string of the molecule is CCCCCCCC(NC)c1ccc(F)c(C(F)(F)F)c1. The molecule has 0 aromatic heterocycles. The van der Waals surface area contributed by atoms with Crippen LogP contribution >= 0.6 is 0 Å². The van der Waals surface area contributed by atoms with E-state index in [9.17, 15) is 17.6 Å². The quantitative estimate of drug-likeness (QED) is 0.496. The van der Waals surface area contributed by atoms with Crippen LogP contribution in [0.4, 0.5) is 17.6 Å². The summed E-state index contributed by atoms with van der Waals surface area (Å²) in [6.07, 6.45) is 1.59. The number of unbranched alkanes of at least 4 members (excludes halogenated alkanes) is 4. The molecule has 120 valence electrons. The number of hydrogen-bond acceptors (Lipinski definition) is 1. The smallest absolute Gasteiger partial charge is 0.313 e. The number of hydrogen-bond donors (Lipinski definition) is 1. The Morgan fingerprint density at radius 3 is 2.33 bits per heavy atom. The lowest BCUT2D eigenvalue weighted by molar-refractivity contribution is -0.140. The highest BCUT2D eigenvalue weighted by atomic mass is 19.4. The molecular formula is C16H23F4N. The molecule has 5 heteroatoms. The van der Waals surface area contributed by atoms with E-state index < -0.39 is 17.6 Å². The molecule has 0 amide bonds.